The molecule has 0 amide bonds. The van der Waals surface area contributed by atoms with Crippen molar-refractivity contribution in [2.45, 2.75) is 6.92 Å². The van der Waals surface area contributed by atoms with E-state index in [9.17, 15) is 4.79 Å². The zero-order chi connectivity index (χ0) is 10.8. The molecule has 0 aliphatic rings. The molecular formula is C10H9N3O2. The van der Waals surface area contributed by atoms with Crippen molar-refractivity contribution < 1.29 is 9.90 Å². The number of aromatic nitrogens is 3. The predicted molar refractivity (Wildman–Crippen MR) is 53.1 cm³/mol. The van der Waals surface area contributed by atoms with Crippen molar-refractivity contribution in [3.8, 4) is 5.82 Å². The van der Waals surface area contributed by atoms with E-state index in [4.69, 9.17) is 5.11 Å². The molecule has 0 saturated carbocycles. The van der Waals surface area contributed by atoms with E-state index in [-0.39, 0.29) is 5.56 Å². The van der Waals surface area contributed by atoms with Gasteiger partial charge in [-0.1, -0.05) is 0 Å². The molecule has 0 aliphatic carbocycles. The Morgan fingerprint density at radius 1 is 1.47 bits per heavy atom. The first-order chi connectivity index (χ1) is 7.20. The van der Waals surface area contributed by atoms with Crippen molar-refractivity contribution in [2.75, 3.05) is 0 Å². The molecule has 0 bridgehead atoms. The van der Waals surface area contributed by atoms with Crippen LogP contribution in [0.3, 0.4) is 0 Å². The van der Waals surface area contributed by atoms with E-state index in [1.165, 1.54) is 4.68 Å². The minimum absolute atomic E-state index is 0.182. The smallest absolute Gasteiger partial charge is 0.339 e. The van der Waals surface area contributed by atoms with Crippen molar-refractivity contribution in [3.63, 3.8) is 0 Å². The van der Waals surface area contributed by atoms with Gasteiger partial charge in [0.05, 0.1) is 0 Å². The molecule has 0 aliphatic heterocycles. The number of aryl methyl sites for hydroxylation is 1. The highest BCUT2D eigenvalue weighted by Gasteiger charge is 2.15. The van der Waals surface area contributed by atoms with E-state index >= 15 is 0 Å². The summed E-state index contributed by atoms with van der Waals surface area (Å²) in [4.78, 5) is 15.1. The summed E-state index contributed by atoms with van der Waals surface area (Å²) in [5, 5.41) is 13.0. The van der Waals surface area contributed by atoms with Gasteiger partial charge in [0.25, 0.3) is 0 Å². The van der Waals surface area contributed by atoms with Crippen LogP contribution in [0.5, 0.6) is 0 Å². The number of carboxylic acids is 1. The second kappa shape index (κ2) is 3.53. The summed E-state index contributed by atoms with van der Waals surface area (Å²) in [7, 11) is 0. The molecule has 15 heavy (non-hydrogen) atoms. The molecule has 5 nitrogen and oxygen atoms in total. The van der Waals surface area contributed by atoms with Gasteiger partial charge in [-0.05, 0) is 24.6 Å². The number of carboxylic acid groups (broad SMARTS) is 1. The standard InChI is InChI=1S/C10H9N3O2/c1-7-3-5-11-9(8(7)10(14)15)13-6-2-4-12-13/h2-6H,1H3,(H,14,15). The Morgan fingerprint density at radius 3 is 2.87 bits per heavy atom. The average Bonchev–Trinajstić information content (AvgIpc) is 2.69. The van der Waals surface area contributed by atoms with Crippen LogP contribution in [-0.4, -0.2) is 25.8 Å². The van der Waals surface area contributed by atoms with Crippen LogP contribution in [0.15, 0.2) is 30.7 Å². The molecular weight excluding hydrogens is 194 g/mol. The van der Waals surface area contributed by atoms with Crippen LogP contribution in [-0.2, 0) is 0 Å². The van der Waals surface area contributed by atoms with E-state index in [0.29, 0.717) is 11.4 Å². The Morgan fingerprint density at radius 2 is 2.27 bits per heavy atom. The summed E-state index contributed by atoms with van der Waals surface area (Å²) in [5.74, 6) is -0.654. The van der Waals surface area contributed by atoms with Crippen LogP contribution >= 0.6 is 0 Å². The fourth-order valence-electron chi connectivity index (χ4n) is 1.38. The Labute approximate surface area is 86.0 Å². The first-order valence-electron chi connectivity index (χ1n) is 4.39. The second-order valence-electron chi connectivity index (χ2n) is 3.08. The minimum atomic E-state index is -0.994. The fourth-order valence-corrected chi connectivity index (χ4v) is 1.38. The lowest BCUT2D eigenvalue weighted by Crippen LogP contribution is -2.10. The zero-order valence-corrected chi connectivity index (χ0v) is 8.08. The van der Waals surface area contributed by atoms with Gasteiger partial charge in [-0.25, -0.2) is 14.5 Å². The van der Waals surface area contributed by atoms with Crippen LogP contribution in [0.2, 0.25) is 0 Å². The third kappa shape index (κ3) is 1.59. The summed E-state index contributed by atoms with van der Waals surface area (Å²) < 4.78 is 1.44. The van der Waals surface area contributed by atoms with Crippen molar-refractivity contribution in [2.24, 2.45) is 0 Å². The van der Waals surface area contributed by atoms with Gasteiger partial charge in [-0.15, -0.1) is 0 Å². The van der Waals surface area contributed by atoms with Crippen molar-refractivity contribution in [1.29, 1.82) is 0 Å². The maximum Gasteiger partial charge on any atom is 0.339 e. The van der Waals surface area contributed by atoms with E-state index in [2.05, 4.69) is 10.1 Å². The molecule has 0 aromatic carbocycles. The molecule has 76 valence electrons. The van der Waals surface area contributed by atoms with Crippen LogP contribution in [0.4, 0.5) is 0 Å². The number of carbonyl (C=O) groups is 1. The minimum Gasteiger partial charge on any atom is -0.478 e. The molecule has 2 aromatic heterocycles. The second-order valence-corrected chi connectivity index (χ2v) is 3.08. The van der Waals surface area contributed by atoms with Crippen LogP contribution in [0.1, 0.15) is 15.9 Å². The summed E-state index contributed by atoms with van der Waals surface area (Å²) >= 11 is 0. The Balaban J connectivity index is 2.66. The lowest BCUT2D eigenvalue weighted by atomic mass is 10.1. The zero-order valence-electron chi connectivity index (χ0n) is 8.08. The Bertz CT molecular complexity index is 491. The van der Waals surface area contributed by atoms with Gasteiger partial charge < -0.3 is 5.11 Å². The molecule has 5 heteroatoms. The number of pyridine rings is 1. The molecule has 0 spiro atoms. The Kier molecular flexibility index (Phi) is 2.21. The SMILES string of the molecule is Cc1ccnc(-n2cccn2)c1C(=O)O. The maximum absolute atomic E-state index is 11.1. The van der Waals surface area contributed by atoms with E-state index in [1.54, 1.807) is 37.6 Å². The lowest BCUT2D eigenvalue weighted by molar-refractivity contribution is 0.0695. The van der Waals surface area contributed by atoms with E-state index in [0.717, 1.165) is 0 Å². The fraction of sp³-hybridized carbons (Fsp3) is 0.100. The van der Waals surface area contributed by atoms with Crippen molar-refractivity contribution in [3.05, 3.63) is 41.9 Å². The molecule has 2 rings (SSSR count). The quantitative estimate of drug-likeness (QED) is 0.798. The third-order valence-corrected chi connectivity index (χ3v) is 2.07. The predicted octanol–water partition coefficient (Wildman–Crippen LogP) is 1.27. The summed E-state index contributed by atoms with van der Waals surface area (Å²) in [6.07, 6.45) is 4.81. The summed E-state index contributed by atoms with van der Waals surface area (Å²) in [6, 6.07) is 3.38. The molecule has 2 heterocycles. The number of rotatable bonds is 2. The molecule has 1 N–H and O–H groups in total. The van der Waals surface area contributed by atoms with Gasteiger partial charge in [0, 0.05) is 18.6 Å². The molecule has 0 fully saturated rings. The monoisotopic (exact) mass is 203 g/mol. The highest BCUT2D eigenvalue weighted by atomic mass is 16.4. The van der Waals surface area contributed by atoms with Crippen molar-refractivity contribution >= 4 is 5.97 Å². The molecule has 0 unspecified atom stereocenters. The number of hydrogen-bond acceptors (Lipinski definition) is 3. The van der Waals surface area contributed by atoms with Gasteiger partial charge in [0.2, 0.25) is 0 Å². The number of aromatic carboxylic acids is 1. The molecule has 0 saturated heterocycles. The Hall–Kier alpha value is -2.17. The van der Waals surface area contributed by atoms with E-state index < -0.39 is 5.97 Å². The maximum atomic E-state index is 11.1. The summed E-state index contributed by atoms with van der Waals surface area (Å²) in [6.45, 7) is 1.73. The van der Waals surface area contributed by atoms with Gasteiger partial charge in [-0.2, -0.15) is 5.10 Å². The molecule has 0 radical (unpaired) electrons. The van der Waals surface area contributed by atoms with Crippen molar-refractivity contribution in [1.82, 2.24) is 14.8 Å². The van der Waals surface area contributed by atoms with E-state index in [1.807, 2.05) is 0 Å². The molecule has 0 atom stereocenters. The van der Waals surface area contributed by atoms with Gasteiger partial charge in [0.15, 0.2) is 5.82 Å². The third-order valence-electron chi connectivity index (χ3n) is 2.07. The highest BCUT2D eigenvalue weighted by molar-refractivity contribution is 5.92. The molecule has 2 aromatic rings. The van der Waals surface area contributed by atoms with Gasteiger partial charge in [-0.3, -0.25) is 0 Å². The van der Waals surface area contributed by atoms with Crippen LogP contribution in [0, 0.1) is 6.92 Å². The first-order valence-corrected chi connectivity index (χ1v) is 4.39. The normalized spacial score (nSPS) is 10.2. The number of nitrogens with zero attached hydrogens (tertiary/aromatic N) is 3. The average molecular weight is 203 g/mol. The highest BCUT2D eigenvalue weighted by Crippen LogP contribution is 2.14. The number of hydrogen-bond donors (Lipinski definition) is 1. The summed E-state index contributed by atoms with van der Waals surface area (Å²) in [5.41, 5.74) is 0.851. The first kappa shape index (κ1) is 9.39. The van der Waals surface area contributed by atoms with Crippen LogP contribution in [0.25, 0.3) is 5.82 Å². The van der Waals surface area contributed by atoms with Gasteiger partial charge in [0.1, 0.15) is 5.56 Å². The topological polar surface area (TPSA) is 68.0 Å². The lowest BCUT2D eigenvalue weighted by Gasteiger charge is -2.06. The van der Waals surface area contributed by atoms with Gasteiger partial charge >= 0.3 is 5.97 Å². The van der Waals surface area contributed by atoms with Crippen LogP contribution < -0.4 is 0 Å². The largest absolute Gasteiger partial charge is 0.478 e.